The second kappa shape index (κ2) is 36.4. The zero-order chi connectivity index (χ0) is 82.9. The zero-order valence-electron chi connectivity index (χ0n) is 61.2. The number of nitrogens with zero attached hydrogens (tertiary/aromatic N) is 20. The molecule has 1 atom stereocenters. The van der Waals surface area contributed by atoms with E-state index >= 15 is 0 Å². The summed E-state index contributed by atoms with van der Waals surface area (Å²) in [5.41, 5.74) is 2.84. The Morgan fingerprint density at radius 1 is 0.458 bits per heavy atom. The van der Waals surface area contributed by atoms with Gasteiger partial charge in [0.1, 0.15) is 23.7 Å². The minimum absolute atomic E-state index is 0.00445. The van der Waals surface area contributed by atoms with Crippen LogP contribution >= 0.6 is 0 Å². The average Bonchev–Trinajstić information content (AvgIpc) is 1.09. The molecule has 0 aliphatic rings. The lowest BCUT2D eigenvalue weighted by atomic mass is 10.0. The number of benzene rings is 9. The van der Waals surface area contributed by atoms with Crippen LogP contribution in [0.5, 0.6) is 17.2 Å². The van der Waals surface area contributed by atoms with Gasteiger partial charge in [0.25, 0.3) is 41.0 Å². The molecular formula is C81H58N23O13S-. The van der Waals surface area contributed by atoms with E-state index in [0.717, 1.165) is 0 Å². The summed E-state index contributed by atoms with van der Waals surface area (Å²) in [7, 11) is 0. The second-order valence-corrected chi connectivity index (χ2v) is 25.8. The minimum Gasteiger partial charge on any atom is -0.772 e. The lowest BCUT2D eigenvalue weighted by Gasteiger charge is -2.12. The largest absolute Gasteiger partial charge is 0.772 e. The Labute approximate surface area is 668 Å². The number of aliphatic hydroxyl groups is 3. The van der Waals surface area contributed by atoms with Crippen LogP contribution in [-0.2, 0) is 30.0 Å². The number of azo groups is 3. The molecule has 9 N–H and O–H groups in total. The van der Waals surface area contributed by atoms with Gasteiger partial charge in [-0.15, -0.1) is 30.7 Å². The van der Waals surface area contributed by atoms with Gasteiger partial charge in [0, 0.05) is 92.8 Å². The van der Waals surface area contributed by atoms with Gasteiger partial charge in [0.05, 0.1) is 67.8 Å². The number of rotatable bonds is 22. The van der Waals surface area contributed by atoms with Crippen LogP contribution in [0, 0.1) is 13.1 Å². The maximum atomic E-state index is 13.4. The van der Waals surface area contributed by atoms with E-state index in [2.05, 4.69) is 102 Å². The van der Waals surface area contributed by atoms with Crippen LogP contribution in [0.25, 0.3) is 59.7 Å². The smallest absolute Gasteiger partial charge is 0.259 e. The number of fused-ring (bicyclic) bond motifs is 3. The van der Waals surface area contributed by atoms with Crippen molar-refractivity contribution in [2.45, 2.75) is 25.9 Å². The third-order valence-corrected chi connectivity index (χ3v) is 17.9. The van der Waals surface area contributed by atoms with Gasteiger partial charge in [0.2, 0.25) is 0 Å². The number of carbonyl (C=O) groups is 5. The van der Waals surface area contributed by atoms with E-state index in [1.807, 2.05) is 0 Å². The number of nitrogens with one attached hydrogen (secondary N) is 3. The molecule has 0 spiro atoms. The van der Waals surface area contributed by atoms with Crippen molar-refractivity contribution in [3.63, 3.8) is 0 Å². The molecule has 3 amide bonds. The van der Waals surface area contributed by atoms with Gasteiger partial charge in [-0.3, -0.25) is 33.2 Å². The molecule has 6 heterocycles. The number of hydrogen-bond acceptors (Lipinski definition) is 28. The third-order valence-electron chi connectivity index (χ3n) is 17.3. The summed E-state index contributed by atoms with van der Waals surface area (Å²) >= 11 is -2.44. The van der Waals surface area contributed by atoms with Gasteiger partial charge >= 0.3 is 0 Å². The third kappa shape index (κ3) is 17.9. The summed E-state index contributed by atoms with van der Waals surface area (Å²) in [4.78, 5) is 95.3. The molecule has 0 aliphatic carbocycles. The number of aromatic nitrogens is 12. The van der Waals surface area contributed by atoms with Crippen molar-refractivity contribution in [3.05, 3.63) is 299 Å². The van der Waals surface area contributed by atoms with Crippen LogP contribution in [0.4, 0.5) is 63.0 Å². The highest BCUT2D eigenvalue weighted by Crippen LogP contribution is 2.45. The van der Waals surface area contributed by atoms with E-state index in [9.17, 15) is 63.4 Å². The summed E-state index contributed by atoms with van der Waals surface area (Å²) in [6, 6.07) is 46.1. The summed E-state index contributed by atoms with van der Waals surface area (Å²) in [6.45, 7) is 15.2. The first-order valence-electron chi connectivity index (χ1n) is 34.8. The molecule has 1 unspecified atom stereocenters. The maximum absolute atomic E-state index is 13.4. The molecule has 0 saturated carbocycles. The Morgan fingerprint density at radius 3 is 1.28 bits per heavy atom. The molecule has 0 aliphatic heterocycles. The number of amides is 3. The fraction of sp³-hybridized carbons (Fsp3) is 0.0617. The van der Waals surface area contributed by atoms with Crippen LogP contribution in [0.2, 0.25) is 0 Å². The van der Waals surface area contributed by atoms with Crippen LogP contribution in [-0.4, -0.2) is 135 Å². The number of aromatic hydroxyl groups is 3. The molecule has 36 nitrogen and oxygen atoms in total. The molecule has 37 heteroatoms. The van der Waals surface area contributed by atoms with Gasteiger partial charge in [-0.1, -0.05) is 108 Å². The first-order chi connectivity index (χ1) is 57.3. The van der Waals surface area contributed by atoms with E-state index in [1.54, 1.807) is 140 Å². The molecule has 0 saturated heterocycles. The van der Waals surface area contributed by atoms with E-state index in [0.29, 0.717) is 60.6 Å². The summed E-state index contributed by atoms with van der Waals surface area (Å²) in [5.74, 6) is -3.79. The number of carbonyl (C=O) groups excluding carboxylic acids is 5. The van der Waals surface area contributed by atoms with Gasteiger partial charge in [-0.2, -0.15) is 24.7 Å². The molecule has 0 fully saturated rings. The first kappa shape index (κ1) is 79.6. The maximum Gasteiger partial charge on any atom is 0.259 e. The topological polar surface area (TPSA) is 497 Å². The van der Waals surface area contributed by atoms with E-state index in [1.165, 1.54) is 113 Å². The molecule has 9 aromatic carbocycles. The quantitative estimate of drug-likeness (QED) is 0.0132. The average molecular weight is 1590 g/mol. The molecule has 118 heavy (non-hydrogen) atoms. The van der Waals surface area contributed by atoms with E-state index in [-0.39, 0.29) is 127 Å². The Balaban J connectivity index is 0.000000154. The van der Waals surface area contributed by atoms with Gasteiger partial charge in [-0.25, -0.2) is 39.3 Å². The number of phenols is 3. The van der Waals surface area contributed by atoms with Crippen molar-refractivity contribution in [1.82, 2.24) is 59.2 Å². The lowest BCUT2D eigenvalue weighted by Crippen LogP contribution is -2.14. The Bertz CT molecular complexity index is 6570. The van der Waals surface area contributed by atoms with Crippen molar-refractivity contribution in [2.24, 2.45) is 30.7 Å². The highest BCUT2D eigenvalue weighted by molar-refractivity contribution is 7.78. The Hall–Kier alpha value is -16.5. The molecular weight excluding hydrogens is 1540 g/mol. The van der Waals surface area contributed by atoms with Crippen molar-refractivity contribution in [3.8, 4) is 35.0 Å². The number of phenolic OH excluding ortho intramolecular Hbond substituents is 3. The summed E-state index contributed by atoms with van der Waals surface area (Å²) in [6.07, 6.45) is 14.4. The van der Waals surface area contributed by atoms with Crippen LogP contribution < -0.4 is 16.0 Å². The SMILES string of the molecule is O=C(Nc1ccc(CO)cc1)c1cc2ccccc2c(N=Nc2c(CS(=O)[O-])cnn2-c2ncccn2)c1O.[C-]#[N+]c1cnn(-c2cnccn2)c1N=Nc1c(O)c(C(=O)Nc2ccc(CO)cc2)cc2ccccc12.[C-]#[N+]c1cnn(-c2ncccn2)c1N=Nc1c(O)c(C(=O)Nc2cc(C(C)=O)cc(C(=O)CO)c2)cc2ccccc12. The minimum atomic E-state index is -2.44. The van der Waals surface area contributed by atoms with Crippen molar-refractivity contribution in [1.29, 1.82) is 0 Å². The molecule has 6 aromatic heterocycles. The normalized spacial score (nSPS) is 11.4. The number of Topliss-reactive ketones (excluding diaryl/α,β-unsaturated/α-hetero) is 2. The fourth-order valence-corrected chi connectivity index (χ4v) is 12.0. The number of aliphatic hydroxyl groups excluding tert-OH is 3. The second-order valence-electron chi connectivity index (χ2n) is 24.9. The number of ketones is 2. The van der Waals surface area contributed by atoms with Gasteiger partial charge in [0.15, 0.2) is 52.1 Å². The summed E-state index contributed by atoms with van der Waals surface area (Å²) in [5, 5.41) is 110. The molecule has 15 rings (SSSR count). The zero-order valence-corrected chi connectivity index (χ0v) is 62.0. The van der Waals surface area contributed by atoms with Gasteiger partial charge in [-0.05, 0) is 107 Å². The van der Waals surface area contributed by atoms with E-state index < -0.39 is 52.7 Å². The Kier molecular flexibility index (Phi) is 24.5. The summed E-state index contributed by atoms with van der Waals surface area (Å²) < 4.78 is 26.6. The van der Waals surface area contributed by atoms with Crippen molar-refractivity contribution < 1.29 is 63.4 Å². The Morgan fingerprint density at radius 2 is 0.864 bits per heavy atom. The predicted octanol–water partition coefficient (Wildman–Crippen LogP) is 14.4. The fourth-order valence-electron chi connectivity index (χ4n) is 11.6. The lowest BCUT2D eigenvalue weighted by molar-refractivity contribution is 0.0902. The highest BCUT2D eigenvalue weighted by atomic mass is 32.2. The monoisotopic (exact) mass is 1590 g/mol. The first-order valence-corrected chi connectivity index (χ1v) is 36.1. The number of anilines is 3. The van der Waals surface area contributed by atoms with Crippen molar-refractivity contribution in [2.75, 3.05) is 22.6 Å². The molecule has 582 valence electrons. The molecule has 15 aromatic rings. The molecule has 0 radical (unpaired) electrons. The van der Waals surface area contributed by atoms with Crippen LogP contribution in [0.15, 0.2) is 263 Å². The van der Waals surface area contributed by atoms with E-state index in [4.69, 9.17) is 13.1 Å². The highest BCUT2D eigenvalue weighted by Gasteiger charge is 2.26. The number of hydrogen-bond donors (Lipinski definition) is 9. The van der Waals surface area contributed by atoms with Crippen molar-refractivity contribution >= 4 is 136 Å². The van der Waals surface area contributed by atoms with Crippen LogP contribution in [0.3, 0.4) is 0 Å². The standard InChI is InChI=1S/C29H20N8O5.C26H18N8O3.C26H21N7O5S/c1-16(39)18-10-19(24(40)15-38)12-20(11-18)34-28(42)22-13-17-6-3-4-7-21(17)25(26(22)41)35-36-27-23(30-2)14-33-37(27)29-31-8-5-9-32-29;1-27-21-13-30-34(22-14-28-10-11-29-22)25(21)33-32-23-19-5-3-2-4-17(19)12-20(24(23)36)26(37)31-18-8-6-16(15-35)7-9-18;34-14-16-6-8-19(9-7-16)30-25(36)21-12-17-4-1-2-5-20(17)22(23(21)35)31-32-24-18(15-39(37)38)13-29-33(24)26-27-10-3-11-28-26/h3-14,38,41H,15H2,1H3,(H,34,42);2-14,35-36H,15H2,(H,31,37);1-13,34-35H,14-15H2,(H,30,36)(H,37,38)/p-1. The van der Waals surface area contributed by atoms with Gasteiger partial charge < -0.3 is 51.1 Å². The van der Waals surface area contributed by atoms with Crippen LogP contribution in [0.1, 0.15) is 75.4 Å². The molecule has 0 bridgehead atoms. The predicted molar refractivity (Wildman–Crippen MR) is 428 cm³/mol.